The van der Waals surface area contributed by atoms with Crippen LogP contribution in [0.1, 0.15) is 32.1 Å². The summed E-state index contributed by atoms with van der Waals surface area (Å²) in [5.41, 5.74) is 0. The number of hydrogen-bond donors (Lipinski definition) is 1. The third kappa shape index (κ3) is 3.72. The van der Waals surface area contributed by atoms with E-state index in [-0.39, 0.29) is 16.7 Å². The van der Waals surface area contributed by atoms with Gasteiger partial charge in [0.2, 0.25) is 15.9 Å². The van der Waals surface area contributed by atoms with Gasteiger partial charge in [0.25, 0.3) is 0 Å². The Bertz CT molecular complexity index is 636. The molecule has 1 aliphatic heterocycles. The minimum atomic E-state index is -3.49. The van der Waals surface area contributed by atoms with E-state index in [4.69, 9.17) is 0 Å². The van der Waals surface area contributed by atoms with E-state index in [1.165, 1.54) is 29.8 Å². The van der Waals surface area contributed by atoms with E-state index in [1.54, 1.807) is 18.3 Å². The highest BCUT2D eigenvalue weighted by molar-refractivity contribution is 7.89. The maximum Gasteiger partial charge on any atom is 0.244 e. The zero-order chi connectivity index (χ0) is 16.3. The van der Waals surface area contributed by atoms with E-state index in [0.29, 0.717) is 31.8 Å². The van der Waals surface area contributed by atoms with Gasteiger partial charge in [0.15, 0.2) is 0 Å². The molecule has 1 aromatic heterocycles. The Labute approximate surface area is 137 Å². The van der Waals surface area contributed by atoms with Crippen molar-refractivity contribution in [3.63, 3.8) is 0 Å². The van der Waals surface area contributed by atoms with Crippen LogP contribution in [0.4, 0.5) is 0 Å². The molecule has 1 saturated heterocycles. The molecule has 1 aliphatic carbocycles. The van der Waals surface area contributed by atoms with Crippen LogP contribution in [0.2, 0.25) is 0 Å². The van der Waals surface area contributed by atoms with Crippen molar-refractivity contribution in [2.75, 3.05) is 19.6 Å². The summed E-state index contributed by atoms with van der Waals surface area (Å²) < 4.78 is 26.5. The van der Waals surface area contributed by atoms with E-state index in [0.717, 1.165) is 6.54 Å². The summed E-state index contributed by atoms with van der Waals surface area (Å²) in [4.78, 5) is 16.3. The van der Waals surface area contributed by atoms with Gasteiger partial charge in [0.1, 0.15) is 4.90 Å². The van der Waals surface area contributed by atoms with Gasteiger partial charge < -0.3 is 5.32 Å². The highest BCUT2D eigenvalue weighted by Crippen LogP contribution is 2.26. The lowest BCUT2D eigenvalue weighted by Gasteiger charge is -2.31. The fraction of sp³-hybridized carbons (Fsp3) is 0.625. The van der Waals surface area contributed by atoms with Crippen molar-refractivity contribution >= 4 is 15.9 Å². The minimum absolute atomic E-state index is 0.0737. The van der Waals surface area contributed by atoms with Gasteiger partial charge in [-0.25, -0.2) is 8.42 Å². The maximum atomic E-state index is 12.5. The van der Waals surface area contributed by atoms with Crippen LogP contribution in [0.15, 0.2) is 29.4 Å². The number of nitrogens with one attached hydrogen (secondary N) is 1. The smallest absolute Gasteiger partial charge is 0.244 e. The summed E-state index contributed by atoms with van der Waals surface area (Å²) in [6.45, 7) is 1.55. The Morgan fingerprint density at radius 3 is 2.57 bits per heavy atom. The number of pyridine rings is 1. The highest BCUT2D eigenvalue weighted by atomic mass is 32.2. The molecule has 0 unspecified atom stereocenters. The molecule has 7 heteroatoms. The van der Waals surface area contributed by atoms with Crippen molar-refractivity contribution < 1.29 is 13.2 Å². The monoisotopic (exact) mass is 337 g/mol. The van der Waals surface area contributed by atoms with E-state index in [2.05, 4.69) is 10.3 Å². The van der Waals surface area contributed by atoms with Crippen molar-refractivity contribution in [2.24, 2.45) is 11.8 Å². The summed E-state index contributed by atoms with van der Waals surface area (Å²) >= 11 is 0. The van der Waals surface area contributed by atoms with Gasteiger partial charge >= 0.3 is 0 Å². The molecule has 3 rings (SSSR count). The lowest BCUT2D eigenvalue weighted by Crippen LogP contribution is -2.44. The van der Waals surface area contributed by atoms with Crippen molar-refractivity contribution in [3.05, 3.63) is 24.5 Å². The molecule has 23 heavy (non-hydrogen) atoms. The van der Waals surface area contributed by atoms with Gasteiger partial charge in [-0.2, -0.15) is 4.31 Å². The van der Waals surface area contributed by atoms with Crippen LogP contribution >= 0.6 is 0 Å². The van der Waals surface area contributed by atoms with E-state index in [9.17, 15) is 13.2 Å². The second-order valence-corrected chi connectivity index (χ2v) is 8.35. The molecule has 1 amide bonds. The van der Waals surface area contributed by atoms with Crippen molar-refractivity contribution in [2.45, 2.75) is 37.0 Å². The Morgan fingerprint density at radius 2 is 2.00 bits per heavy atom. The average Bonchev–Trinajstić information content (AvgIpc) is 2.54. The third-order valence-electron chi connectivity index (χ3n) is 4.89. The second kappa shape index (κ2) is 6.97. The molecule has 0 aromatic carbocycles. The number of nitrogens with zero attached hydrogens (tertiary/aromatic N) is 2. The number of carbonyl (C=O) groups excluding carboxylic acids is 1. The second-order valence-electron chi connectivity index (χ2n) is 6.41. The molecular weight excluding hydrogens is 314 g/mol. The quantitative estimate of drug-likeness (QED) is 0.881. The van der Waals surface area contributed by atoms with Gasteiger partial charge in [0, 0.05) is 37.9 Å². The van der Waals surface area contributed by atoms with Gasteiger partial charge in [-0.15, -0.1) is 0 Å². The first-order chi connectivity index (χ1) is 11.1. The first-order valence-electron chi connectivity index (χ1n) is 8.25. The molecule has 1 saturated carbocycles. The molecule has 1 N–H and O–H groups in total. The zero-order valence-corrected chi connectivity index (χ0v) is 14.0. The minimum Gasteiger partial charge on any atom is -0.356 e. The zero-order valence-electron chi connectivity index (χ0n) is 13.1. The number of piperidine rings is 1. The highest BCUT2D eigenvalue weighted by Gasteiger charge is 2.32. The molecule has 2 aliphatic rings. The van der Waals surface area contributed by atoms with E-state index < -0.39 is 10.0 Å². The molecule has 2 heterocycles. The molecule has 1 aromatic rings. The first-order valence-corrected chi connectivity index (χ1v) is 9.69. The molecule has 0 atom stereocenters. The summed E-state index contributed by atoms with van der Waals surface area (Å²) in [5.74, 6) is 0.649. The average molecular weight is 337 g/mol. The van der Waals surface area contributed by atoms with Crippen LogP contribution in [0.25, 0.3) is 0 Å². The van der Waals surface area contributed by atoms with Crippen LogP contribution in [-0.2, 0) is 14.8 Å². The van der Waals surface area contributed by atoms with E-state index in [1.807, 2.05) is 0 Å². The Kier molecular flexibility index (Phi) is 4.96. The lowest BCUT2D eigenvalue weighted by atomic mass is 9.85. The number of amides is 1. The van der Waals surface area contributed by atoms with Gasteiger partial charge in [0.05, 0.1) is 0 Å². The Morgan fingerprint density at radius 1 is 1.26 bits per heavy atom. The Balaban J connectivity index is 1.52. The number of rotatable bonds is 5. The number of hydrogen-bond acceptors (Lipinski definition) is 4. The van der Waals surface area contributed by atoms with Gasteiger partial charge in [-0.1, -0.05) is 6.42 Å². The van der Waals surface area contributed by atoms with Crippen molar-refractivity contribution in [1.82, 2.24) is 14.6 Å². The summed E-state index contributed by atoms with van der Waals surface area (Å²) in [7, 11) is -3.49. The van der Waals surface area contributed by atoms with Crippen molar-refractivity contribution in [1.29, 1.82) is 0 Å². The standard InChI is InChI=1S/C16H23N3O3S/c20-16(18-11-13-3-1-4-13)14-6-9-19(10-7-14)23(21,22)15-5-2-8-17-12-15/h2,5,8,12-14H,1,3-4,6-7,9-11H2,(H,18,20). The lowest BCUT2D eigenvalue weighted by molar-refractivity contribution is -0.126. The van der Waals surface area contributed by atoms with Crippen LogP contribution in [0.5, 0.6) is 0 Å². The molecule has 2 fully saturated rings. The van der Waals surface area contributed by atoms with Crippen LogP contribution in [0.3, 0.4) is 0 Å². The number of carbonyl (C=O) groups is 1. The van der Waals surface area contributed by atoms with Crippen LogP contribution < -0.4 is 5.32 Å². The SMILES string of the molecule is O=C(NCC1CCC1)C1CCN(S(=O)(=O)c2cccnc2)CC1. The van der Waals surface area contributed by atoms with Crippen LogP contribution in [0, 0.1) is 11.8 Å². The van der Waals surface area contributed by atoms with Crippen molar-refractivity contribution in [3.8, 4) is 0 Å². The first kappa shape index (κ1) is 16.4. The van der Waals surface area contributed by atoms with Gasteiger partial charge in [-0.3, -0.25) is 9.78 Å². The third-order valence-corrected chi connectivity index (χ3v) is 6.77. The number of sulfonamides is 1. The maximum absolute atomic E-state index is 12.5. The fourth-order valence-electron chi connectivity index (χ4n) is 3.09. The topological polar surface area (TPSA) is 79.4 Å². The van der Waals surface area contributed by atoms with Gasteiger partial charge in [-0.05, 0) is 43.7 Å². The van der Waals surface area contributed by atoms with E-state index >= 15 is 0 Å². The predicted molar refractivity (Wildman–Crippen MR) is 86.1 cm³/mol. The Hall–Kier alpha value is -1.47. The van der Waals surface area contributed by atoms with Crippen LogP contribution in [-0.4, -0.2) is 43.2 Å². The normalized spacial score (nSPS) is 20.9. The summed E-state index contributed by atoms with van der Waals surface area (Å²) in [6, 6.07) is 3.17. The molecule has 126 valence electrons. The largest absolute Gasteiger partial charge is 0.356 e. The summed E-state index contributed by atoms with van der Waals surface area (Å²) in [6.07, 6.45) is 7.77. The molecule has 0 radical (unpaired) electrons. The predicted octanol–water partition coefficient (Wildman–Crippen LogP) is 1.40. The summed E-state index contributed by atoms with van der Waals surface area (Å²) in [5, 5.41) is 3.02. The number of aromatic nitrogens is 1. The molecule has 0 spiro atoms. The molecular formula is C16H23N3O3S. The molecule has 6 nitrogen and oxygen atoms in total. The molecule has 0 bridgehead atoms. The fourth-order valence-corrected chi connectivity index (χ4v) is 4.53.